The Morgan fingerprint density at radius 2 is 1.37 bits per heavy atom. The lowest BCUT2D eigenvalue weighted by molar-refractivity contribution is -0.292. The second-order valence-corrected chi connectivity index (χ2v) is 28.7. The summed E-state index contributed by atoms with van der Waals surface area (Å²) in [5.74, 6) is -5.58. The van der Waals surface area contributed by atoms with Crippen LogP contribution in [0.25, 0.3) is 0 Å². The van der Waals surface area contributed by atoms with Gasteiger partial charge in [-0.05, 0) is 99.2 Å². The molecule has 8 amide bonds. The lowest BCUT2D eigenvalue weighted by atomic mass is 9.81. The number of fused-ring (bicyclic) bond motifs is 6. The van der Waals surface area contributed by atoms with Crippen LogP contribution in [-0.4, -0.2) is 225 Å². The highest BCUT2D eigenvalue weighted by atomic mass is 16.8. The summed E-state index contributed by atoms with van der Waals surface area (Å²) in [5.41, 5.74) is 2.74. The average Bonchev–Trinajstić information content (AvgIpc) is 1.60. The van der Waals surface area contributed by atoms with Crippen molar-refractivity contribution in [2.24, 2.45) is 17.8 Å². The summed E-state index contributed by atoms with van der Waals surface area (Å²) >= 11 is 0. The first-order valence-corrected chi connectivity index (χ1v) is 35.5. The summed E-state index contributed by atoms with van der Waals surface area (Å²) in [6.45, 7) is 9.45. The van der Waals surface area contributed by atoms with Crippen molar-refractivity contribution in [1.29, 1.82) is 0 Å². The first-order chi connectivity index (χ1) is 47.2. The van der Waals surface area contributed by atoms with Gasteiger partial charge < -0.3 is 84.4 Å². The molecule has 11 aliphatic heterocycles. The number of amides is 8. The number of aliphatic hydroxyl groups is 1. The highest BCUT2D eigenvalue weighted by Crippen LogP contribution is 2.55. The van der Waals surface area contributed by atoms with E-state index >= 15 is 0 Å². The van der Waals surface area contributed by atoms with Crippen LogP contribution in [0.5, 0.6) is 0 Å². The second kappa shape index (κ2) is 32.1. The molecule has 98 heavy (non-hydrogen) atoms. The molecular formula is C71H97N7O20. The van der Waals surface area contributed by atoms with Gasteiger partial charge >= 0.3 is 0 Å². The van der Waals surface area contributed by atoms with Gasteiger partial charge in [0.2, 0.25) is 35.4 Å². The molecule has 11 fully saturated rings. The van der Waals surface area contributed by atoms with E-state index in [1.54, 1.807) is 37.4 Å². The zero-order valence-electron chi connectivity index (χ0n) is 56.1. The van der Waals surface area contributed by atoms with Crippen LogP contribution in [-0.2, 0) is 96.9 Å². The number of nitrogens with one attached hydrogen (secondary N) is 6. The summed E-state index contributed by atoms with van der Waals surface area (Å²) in [4.78, 5) is 118. The van der Waals surface area contributed by atoms with Gasteiger partial charge in [-0.2, -0.15) is 0 Å². The number of hydrogen-bond donors (Lipinski definition) is 7. The van der Waals surface area contributed by atoms with Crippen LogP contribution in [0.3, 0.4) is 0 Å². The summed E-state index contributed by atoms with van der Waals surface area (Å²) < 4.78 is 66.9. The predicted octanol–water partition coefficient (Wildman–Crippen LogP) is 2.03. The molecule has 1 unspecified atom stereocenters. The maximum Gasteiger partial charge on any atom is 0.253 e. The zero-order chi connectivity index (χ0) is 68.8. The van der Waals surface area contributed by atoms with Crippen molar-refractivity contribution in [3.63, 3.8) is 0 Å². The van der Waals surface area contributed by atoms with Crippen molar-refractivity contribution in [2.75, 3.05) is 46.6 Å². The molecular weight excluding hydrogens is 1270 g/mol. The topological polar surface area (TPSA) is 342 Å². The standard InChI is InChI=1S/C71H97N7O20/c1-38-25-45-16-18-50-39(2)26-47(91-50)22-23-71-32-55-65(97-71)66-67(96-55)68(98-71)64-51(95-66)19-17-46(93-64)28-43(79)29-48-53(31-52(92-45)40(38)3)94-54(63(48)89-4)30-44(80)33-74-70(88)62(42-14-15-42)90-37-76-58(83)35-75-69(87)49(27-41-11-7-5-8-12-41)77-59(84)36-73-57(82)34-72-56(81)13-9-6-10-24-78-60(85)20-21-61(78)86/h5,7-8,11-12,20-21,38,42,44-55,62-68,80H,2-3,6,9-10,13-19,22-37H2,1,4H3,(H,72,81)(H,73,82)(H,74,88)(H,75,87)(H,76,83)(H,77,84)/t38-,44+,45+,46-,47+,48+,49+,50+,51+,52-,53+,54-,55-,62-,63-,64+,65+,66+,67?,68+,71+/m1/s1. The largest absolute Gasteiger partial charge is 0.391 e. The van der Waals surface area contributed by atoms with Crippen molar-refractivity contribution in [1.82, 2.24) is 36.8 Å². The molecule has 0 radical (unpaired) electrons. The van der Waals surface area contributed by atoms with Gasteiger partial charge in [0, 0.05) is 89.6 Å². The third kappa shape index (κ3) is 17.5. The van der Waals surface area contributed by atoms with Crippen LogP contribution in [0.1, 0.15) is 134 Å². The molecule has 1 aromatic carbocycles. The van der Waals surface area contributed by atoms with Gasteiger partial charge in [-0.25, -0.2) is 0 Å². The average molecular weight is 1370 g/mol. The Morgan fingerprint density at radius 3 is 2.15 bits per heavy atom. The number of unbranched alkanes of at least 4 members (excludes halogenated alkanes) is 2. The number of carbonyl (C=O) groups is 9. The van der Waals surface area contributed by atoms with E-state index in [-0.39, 0.29) is 136 Å². The molecule has 10 saturated heterocycles. The van der Waals surface area contributed by atoms with E-state index < -0.39 is 122 Å². The van der Waals surface area contributed by atoms with Gasteiger partial charge in [-0.15, -0.1) is 0 Å². The Bertz CT molecular complexity index is 3130. The molecule has 21 atom stereocenters. The van der Waals surface area contributed by atoms with Gasteiger partial charge in [0.15, 0.2) is 5.79 Å². The monoisotopic (exact) mass is 1370 g/mol. The highest BCUT2D eigenvalue weighted by molar-refractivity contribution is 6.12. The van der Waals surface area contributed by atoms with E-state index in [0.717, 1.165) is 48.2 Å². The minimum absolute atomic E-state index is 0.00957. The molecule has 11 heterocycles. The quantitative estimate of drug-likeness (QED) is 0.0302. The molecule has 7 N–H and O–H groups in total. The lowest BCUT2D eigenvalue weighted by Crippen LogP contribution is -2.61. The molecule has 536 valence electrons. The molecule has 27 nitrogen and oxygen atoms in total. The third-order valence-electron chi connectivity index (χ3n) is 21.5. The number of hydrogen-bond acceptors (Lipinski definition) is 20. The van der Waals surface area contributed by atoms with Crippen molar-refractivity contribution in [3.05, 3.63) is 72.4 Å². The highest BCUT2D eigenvalue weighted by Gasteiger charge is 2.69. The summed E-state index contributed by atoms with van der Waals surface area (Å²) in [6.07, 6.45) is 5.72. The van der Waals surface area contributed by atoms with Gasteiger partial charge in [-0.1, -0.05) is 56.8 Å². The number of benzene rings is 1. The van der Waals surface area contributed by atoms with Crippen molar-refractivity contribution in [3.8, 4) is 0 Å². The van der Waals surface area contributed by atoms with Gasteiger partial charge in [-0.3, -0.25) is 48.1 Å². The normalized spacial score (nSPS) is 35.0. The second-order valence-electron chi connectivity index (χ2n) is 28.7. The third-order valence-corrected chi connectivity index (χ3v) is 21.5. The van der Waals surface area contributed by atoms with Crippen LogP contribution in [0.15, 0.2) is 66.8 Å². The number of methoxy groups -OCH3 is 1. The molecule has 1 aromatic rings. The van der Waals surface area contributed by atoms with Crippen LogP contribution in [0.4, 0.5) is 0 Å². The van der Waals surface area contributed by atoms with Gasteiger partial charge in [0.1, 0.15) is 55.2 Å². The van der Waals surface area contributed by atoms with Crippen molar-refractivity contribution >= 4 is 53.0 Å². The van der Waals surface area contributed by atoms with Crippen molar-refractivity contribution in [2.45, 2.75) is 251 Å². The van der Waals surface area contributed by atoms with Crippen molar-refractivity contribution < 1.29 is 95.6 Å². The first kappa shape index (κ1) is 71.5. The Morgan fingerprint density at radius 1 is 0.663 bits per heavy atom. The zero-order valence-corrected chi connectivity index (χ0v) is 56.1. The number of ketones is 1. The fourth-order valence-corrected chi connectivity index (χ4v) is 16.2. The van der Waals surface area contributed by atoms with Crippen LogP contribution >= 0.6 is 0 Å². The molecule has 12 aliphatic rings. The number of imide groups is 1. The van der Waals surface area contributed by atoms with E-state index in [1.807, 2.05) is 0 Å². The molecule has 13 rings (SSSR count). The first-order valence-electron chi connectivity index (χ1n) is 35.5. The van der Waals surface area contributed by atoms with Crippen LogP contribution in [0.2, 0.25) is 0 Å². The summed E-state index contributed by atoms with van der Waals surface area (Å²) in [7, 11) is 1.58. The Kier molecular flexibility index (Phi) is 23.4. The number of rotatable bonds is 26. The summed E-state index contributed by atoms with van der Waals surface area (Å²) in [5, 5.41) is 27.2. The van der Waals surface area contributed by atoms with E-state index in [1.165, 1.54) is 12.2 Å². The number of nitrogens with zero attached hydrogens (tertiary/aromatic N) is 1. The van der Waals surface area contributed by atoms with E-state index in [4.69, 9.17) is 47.4 Å². The Balaban J connectivity index is 0.609. The van der Waals surface area contributed by atoms with E-state index in [2.05, 4.69) is 52.0 Å². The number of carbonyl (C=O) groups excluding carboxylic acids is 9. The van der Waals surface area contributed by atoms with Gasteiger partial charge in [0.05, 0.1) is 86.8 Å². The maximum absolute atomic E-state index is 14.6. The molecule has 12 bridgehead atoms. The number of aliphatic hydroxyl groups excluding tert-OH is 1. The molecule has 1 saturated carbocycles. The summed E-state index contributed by atoms with van der Waals surface area (Å²) in [6, 6.07) is 7.70. The maximum atomic E-state index is 14.6. The smallest absolute Gasteiger partial charge is 0.253 e. The lowest BCUT2D eigenvalue weighted by Gasteiger charge is -2.47. The van der Waals surface area contributed by atoms with Crippen LogP contribution in [0, 0.1) is 17.8 Å². The fraction of sp³-hybridized carbons (Fsp3) is 0.704. The van der Waals surface area contributed by atoms with Gasteiger partial charge in [0.25, 0.3) is 11.8 Å². The minimum atomic E-state index is -1.16. The SMILES string of the molecule is C=C1C[C@@H]2CC[C@@]34C[C@H]5OC6[C@@H](O[C@H]7CC[C@H](CC(=O)C[C@@H]8[C@@H](OC)[C@@H](C[C@H](O)CNC(=O)[C@H](OCNC(=O)CNC(=O)[C@H](Cc9ccccc9)NC(=O)CNC(=O)CNC(=O)CCCCCN9C(=O)C=CC9=O)C9CC9)O[C@H]8C[C@H]8O[C@@H](CC[C@@H]1O2)C[C@@H](C)C8=C)O[C@@H]7[C@@H]6O3)[C@H]5O4. The molecule has 1 spiro atoms. The van der Waals surface area contributed by atoms with Crippen LogP contribution < -0.4 is 31.9 Å². The fourth-order valence-electron chi connectivity index (χ4n) is 16.2. The Labute approximate surface area is 570 Å². The number of Topliss-reactive ketones (excluding diaryl/α,β-unsaturated/α-hetero) is 1. The minimum Gasteiger partial charge on any atom is -0.391 e. The number of ether oxygens (including phenoxy) is 10. The van der Waals surface area contributed by atoms with E-state index in [9.17, 15) is 48.3 Å². The van der Waals surface area contributed by atoms with E-state index in [0.29, 0.717) is 69.8 Å². The Hall–Kier alpha value is -6.37. The molecule has 1 aliphatic carbocycles. The predicted molar refractivity (Wildman–Crippen MR) is 346 cm³/mol. The molecule has 27 heteroatoms. The molecule has 0 aromatic heterocycles.